The van der Waals surface area contributed by atoms with Gasteiger partial charge < -0.3 is 28.4 Å². The van der Waals surface area contributed by atoms with E-state index in [2.05, 4.69) is 13.2 Å². The highest BCUT2D eigenvalue weighted by atomic mass is 35.5. The highest BCUT2D eigenvalue weighted by Gasteiger charge is 2.12. The number of ether oxygens (including phenoxy) is 6. The highest BCUT2D eigenvalue weighted by molar-refractivity contribution is 6.41. The Bertz CT molecular complexity index is 1390. The predicted molar refractivity (Wildman–Crippen MR) is 171 cm³/mol. The van der Waals surface area contributed by atoms with E-state index in [1.807, 2.05) is 0 Å². The van der Waals surface area contributed by atoms with Crippen molar-refractivity contribution in [2.75, 3.05) is 26.4 Å². The Balaban J connectivity index is 1.36. The summed E-state index contributed by atoms with van der Waals surface area (Å²) in [6.07, 6.45) is 2.49. The molecule has 0 aliphatic heterocycles. The number of esters is 4. The fourth-order valence-electron chi connectivity index (χ4n) is 3.56. The zero-order valence-electron chi connectivity index (χ0n) is 24.8. The van der Waals surface area contributed by atoms with Crippen molar-refractivity contribution < 1.29 is 47.6 Å². The molecule has 3 aromatic carbocycles. The second-order valence-electron chi connectivity index (χ2n) is 9.49. The number of unbranched alkanes of at least 4 members (excludes halogenated alkanes) is 2. The molecule has 0 unspecified atom stereocenters. The van der Waals surface area contributed by atoms with E-state index in [0.29, 0.717) is 61.5 Å². The van der Waals surface area contributed by atoms with Gasteiger partial charge in [-0.3, -0.25) is 0 Å². The maximum absolute atomic E-state index is 12.6. The van der Waals surface area contributed by atoms with E-state index in [4.69, 9.17) is 51.6 Å². The molecule has 3 rings (SSSR count). The number of carbonyl (C=O) groups is 4. The quantitative estimate of drug-likeness (QED) is 0.0603. The van der Waals surface area contributed by atoms with Gasteiger partial charge in [0, 0.05) is 0 Å². The lowest BCUT2D eigenvalue weighted by Crippen LogP contribution is -2.10. The summed E-state index contributed by atoms with van der Waals surface area (Å²) in [5, 5.41) is -0.328. The molecule has 12 heteroatoms. The van der Waals surface area contributed by atoms with Gasteiger partial charge in [-0.05, 0) is 98.5 Å². The topological polar surface area (TPSA) is 124 Å². The van der Waals surface area contributed by atoms with Crippen LogP contribution in [0.2, 0.25) is 0 Å². The Labute approximate surface area is 276 Å². The van der Waals surface area contributed by atoms with E-state index >= 15 is 0 Å². The summed E-state index contributed by atoms with van der Waals surface area (Å²) in [6.45, 7) is 7.82. The third-order valence-corrected chi connectivity index (χ3v) is 6.26. The van der Waals surface area contributed by atoms with Gasteiger partial charge in [0.1, 0.15) is 33.1 Å². The van der Waals surface area contributed by atoms with Crippen LogP contribution in [-0.2, 0) is 19.1 Å². The molecule has 0 heterocycles. The summed E-state index contributed by atoms with van der Waals surface area (Å²) in [6, 6.07) is 19.0. The summed E-state index contributed by atoms with van der Waals surface area (Å²) in [5.41, 5.74) is 0.644. The molecule has 0 amide bonds. The monoisotopic (exact) mass is 670 g/mol. The molecule has 0 spiro atoms. The van der Waals surface area contributed by atoms with Gasteiger partial charge in [0.25, 0.3) is 0 Å². The van der Waals surface area contributed by atoms with Crippen molar-refractivity contribution in [2.24, 2.45) is 0 Å². The smallest absolute Gasteiger partial charge is 0.349 e. The van der Waals surface area contributed by atoms with Crippen LogP contribution in [0.15, 0.2) is 96.0 Å². The van der Waals surface area contributed by atoms with Crippen molar-refractivity contribution >= 4 is 47.1 Å². The maximum atomic E-state index is 12.6. The minimum atomic E-state index is -0.640. The van der Waals surface area contributed by atoms with Crippen molar-refractivity contribution in [3.8, 4) is 23.0 Å². The molecule has 0 fully saturated rings. The van der Waals surface area contributed by atoms with Crippen molar-refractivity contribution in [1.29, 1.82) is 0 Å². The molecule has 0 aliphatic rings. The van der Waals surface area contributed by atoms with Gasteiger partial charge >= 0.3 is 23.9 Å². The van der Waals surface area contributed by atoms with Gasteiger partial charge in [-0.1, -0.05) is 36.4 Å². The first kappa shape index (κ1) is 35.7. The predicted octanol–water partition coefficient (Wildman–Crippen LogP) is 7.03. The Morgan fingerprint density at radius 2 is 0.783 bits per heavy atom. The second kappa shape index (κ2) is 18.9. The first-order valence-corrected chi connectivity index (χ1v) is 14.9. The Morgan fingerprint density at radius 1 is 0.478 bits per heavy atom. The average Bonchev–Trinajstić information content (AvgIpc) is 3.05. The van der Waals surface area contributed by atoms with Gasteiger partial charge in [-0.15, -0.1) is 0 Å². The molecule has 0 saturated heterocycles. The van der Waals surface area contributed by atoms with E-state index in [1.54, 1.807) is 48.5 Å². The number of carbonyl (C=O) groups excluding carboxylic acids is 4. The van der Waals surface area contributed by atoms with Gasteiger partial charge in [-0.2, -0.15) is 0 Å². The third-order valence-electron chi connectivity index (χ3n) is 5.95. The lowest BCUT2D eigenvalue weighted by atomic mass is 10.2. The summed E-state index contributed by atoms with van der Waals surface area (Å²) in [7, 11) is 0. The van der Waals surface area contributed by atoms with Gasteiger partial charge in [0.2, 0.25) is 0 Å². The van der Waals surface area contributed by atoms with Crippen LogP contribution in [0.5, 0.6) is 23.0 Å². The molecule has 242 valence electrons. The normalized spacial score (nSPS) is 10.3. The number of rotatable bonds is 18. The Morgan fingerprint density at radius 3 is 1.11 bits per heavy atom. The fraction of sp³-hybridized carbons (Fsp3) is 0.235. The summed E-state index contributed by atoms with van der Waals surface area (Å²) < 4.78 is 31.9. The molecule has 0 aliphatic carbocycles. The third kappa shape index (κ3) is 12.7. The van der Waals surface area contributed by atoms with Crippen molar-refractivity contribution in [3.05, 3.63) is 107 Å². The molecule has 0 atom stereocenters. The van der Waals surface area contributed by atoms with E-state index in [0.717, 1.165) is 0 Å². The number of halogens is 2. The van der Waals surface area contributed by atoms with Crippen LogP contribution in [0.4, 0.5) is 0 Å². The average molecular weight is 672 g/mol. The highest BCUT2D eigenvalue weighted by Crippen LogP contribution is 2.21. The first-order valence-electron chi connectivity index (χ1n) is 14.2. The molecular formula is C34H32Cl2O10. The van der Waals surface area contributed by atoms with E-state index < -0.39 is 23.9 Å². The van der Waals surface area contributed by atoms with E-state index in [9.17, 15) is 19.2 Å². The summed E-state index contributed by atoms with van der Waals surface area (Å²) >= 11 is 10.9. The molecule has 10 nitrogen and oxygen atoms in total. The standard InChI is InChI=1S/C34H32Cl2O10/c1-23(35)31(37)43-21-5-3-19-41-27-11-7-25(8-12-27)33(39)45-29-15-17-30(18-16-29)46-34(40)26-9-13-28(14-10-26)42-20-4-6-22-44-32(38)24(2)36/h7-18H,1-6,19-22H2. The van der Waals surface area contributed by atoms with Crippen molar-refractivity contribution in [2.45, 2.75) is 25.7 Å². The van der Waals surface area contributed by atoms with Crippen molar-refractivity contribution in [3.63, 3.8) is 0 Å². The van der Waals surface area contributed by atoms with Crippen LogP contribution in [0.25, 0.3) is 0 Å². The van der Waals surface area contributed by atoms with Crippen LogP contribution >= 0.6 is 23.2 Å². The van der Waals surface area contributed by atoms with Crippen LogP contribution < -0.4 is 18.9 Å². The molecule has 0 saturated carbocycles. The maximum Gasteiger partial charge on any atom is 0.349 e. The number of hydrogen-bond donors (Lipinski definition) is 0. The lowest BCUT2D eigenvalue weighted by Gasteiger charge is -2.09. The Kier molecular flexibility index (Phi) is 14.6. The van der Waals surface area contributed by atoms with Gasteiger partial charge in [0.05, 0.1) is 37.6 Å². The fourth-order valence-corrected chi connectivity index (χ4v) is 3.67. The molecule has 3 aromatic rings. The molecule has 0 radical (unpaired) electrons. The SMILES string of the molecule is C=C(Cl)C(=O)OCCCCOc1ccc(C(=O)Oc2ccc(OC(=O)c3ccc(OCCCCOC(=O)C(=C)Cl)cc3)cc2)cc1. The molecule has 0 bridgehead atoms. The van der Waals surface area contributed by atoms with Gasteiger partial charge in [-0.25, -0.2) is 19.2 Å². The number of benzene rings is 3. The van der Waals surface area contributed by atoms with Crippen LogP contribution in [0.1, 0.15) is 46.4 Å². The zero-order valence-corrected chi connectivity index (χ0v) is 26.3. The minimum Gasteiger partial charge on any atom is -0.494 e. The lowest BCUT2D eigenvalue weighted by molar-refractivity contribution is -0.139. The molecule has 46 heavy (non-hydrogen) atoms. The largest absolute Gasteiger partial charge is 0.494 e. The first-order chi connectivity index (χ1) is 22.1. The van der Waals surface area contributed by atoms with Crippen molar-refractivity contribution in [1.82, 2.24) is 0 Å². The summed E-state index contributed by atoms with van der Waals surface area (Å²) in [5.74, 6) is -0.728. The minimum absolute atomic E-state index is 0.164. The van der Waals surface area contributed by atoms with E-state index in [-0.39, 0.29) is 34.8 Å². The molecule has 0 aromatic heterocycles. The summed E-state index contributed by atoms with van der Waals surface area (Å²) in [4.78, 5) is 47.5. The second-order valence-corrected chi connectivity index (χ2v) is 10.4. The Hall–Kier alpha value is -4.80. The van der Waals surface area contributed by atoms with E-state index in [1.165, 1.54) is 24.3 Å². The van der Waals surface area contributed by atoms with Gasteiger partial charge in [0.15, 0.2) is 0 Å². The molecular weight excluding hydrogens is 639 g/mol. The zero-order chi connectivity index (χ0) is 33.3. The van der Waals surface area contributed by atoms with Crippen LogP contribution in [-0.4, -0.2) is 50.3 Å². The van der Waals surface area contributed by atoms with Crippen LogP contribution in [0.3, 0.4) is 0 Å². The molecule has 0 N–H and O–H groups in total. The number of hydrogen-bond acceptors (Lipinski definition) is 10. The van der Waals surface area contributed by atoms with Crippen LogP contribution in [0, 0.1) is 0 Å².